The fraction of sp³-hybridized carbons (Fsp3) is 1.00. The molecule has 4 atom stereocenters. The van der Waals surface area contributed by atoms with Crippen LogP contribution in [0.4, 0.5) is 0 Å². The lowest BCUT2D eigenvalue weighted by molar-refractivity contribution is -0.440. The number of hydrogen-bond acceptors (Lipinski definition) is 12. The van der Waals surface area contributed by atoms with Gasteiger partial charge in [0.25, 0.3) is 0 Å². The highest BCUT2D eigenvalue weighted by Gasteiger charge is 2.59. The Bertz CT molecular complexity index is 1060. The van der Waals surface area contributed by atoms with E-state index in [1.165, 1.54) is 0 Å². The molecule has 0 spiro atoms. The van der Waals surface area contributed by atoms with Gasteiger partial charge in [-0.1, -0.05) is 0 Å². The van der Waals surface area contributed by atoms with Crippen molar-refractivity contribution in [3.8, 4) is 0 Å². The van der Waals surface area contributed by atoms with Crippen molar-refractivity contribution >= 4 is 0 Å². The van der Waals surface area contributed by atoms with Gasteiger partial charge in [0.15, 0.2) is 0 Å². The van der Waals surface area contributed by atoms with Gasteiger partial charge >= 0.3 is 0 Å². The summed E-state index contributed by atoms with van der Waals surface area (Å²) in [4.78, 5) is 13.3. The Morgan fingerprint density at radius 1 is 0.312 bits per heavy atom. The SMILES string of the molecule is COC(C)(C)C(C(C)(C)/N=N/C(C)(C)C)C(C)(/N=N/C(C)(C)C)OOC(C)(/N=N/C(C)(C)C)C(C(C)(C)/N=N/C(C)(C)C)C(C)(C)OC. The maximum Gasteiger partial charge on any atom is 0.217 e. The van der Waals surface area contributed by atoms with Crippen molar-refractivity contribution in [1.82, 2.24) is 0 Å². The van der Waals surface area contributed by atoms with Crippen LogP contribution < -0.4 is 0 Å². The minimum atomic E-state index is -1.47. The van der Waals surface area contributed by atoms with E-state index in [4.69, 9.17) is 49.9 Å². The van der Waals surface area contributed by atoms with Crippen LogP contribution in [0.5, 0.6) is 0 Å². The molecule has 0 saturated heterocycles. The van der Waals surface area contributed by atoms with Crippen LogP contribution in [0.2, 0.25) is 0 Å². The van der Waals surface area contributed by atoms with Crippen molar-refractivity contribution in [1.29, 1.82) is 0 Å². The second kappa shape index (κ2) is 15.2. The fourth-order valence-corrected chi connectivity index (χ4v) is 6.12. The molecule has 0 aromatic heterocycles. The third-order valence-corrected chi connectivity index (χ3v) is 7.62. The Kier molecular flexibility index (Phi) is 14.7. The van der Waals surface area contributed by atoms with Gasteiger partial charge in [-0.3, -0.25) is 0 Å². The molecule has 0 heterocycles. The average Bonchev–Trinajstić information content (AvgIpc) is 2.86. The van der Waals surface area contributed by atoms with E-state index in [-0.39, 0.29) is 0 Å². The second-order valence-corrected chi connectivity index (χ2v) is 19.5. The highest BCUT2D eigenvalue weighted by Crippen LogP contribution is 2.49. The highest BCUT2D eigenvalue weighted by atomic mass is 17.2. The molecule has 0 saturated carbocycles. The number of hydrogen-bond donors (Lipinski definition) is 0. The van der Waals surface area contributed by atoms with Gasteiger partial charge in [-0.2, -0.15) is 40.9 Å². The maximum absolute atomic E-state index is 6.66. The molecule has 0 aromatic carbocycles. The molecule has 0 fully saturated rings. The minimum Gasteiger partial charge on any atom is -0.378 e. The van der Waals surface area contributed by atoms with Crippen LogP contribution in [0.25, 0.3) is 0 Å². The van der Waals surface area contributed by atoms with Crippen LogP contribution in [0.3, 0.4) is 0 Å². The summed E-state index contributed by atoms with van der Waals surface area (Å²) in [6.45, 7) is 43.4. The van der Waals surface area contributed by atoms with Gasteiger partial charge in [-0.15, -0.1) is 0 Å². The summed E-state index contributed by atoms with van der Waals surface area (Å²) in [6, 6.07) is 0. The normalized spacial score (nSPS) is 19.4. The first-order chi connectivity index (χ1) is 20.9. The lowest BCUT2D eigenvalue weighted by atomic mass is 9.70. The molecule has 0 aliphatic rings. The van der Waals surface area contributed by atoms with E-state index >= 15 is 0 Å². The highest BCUT2D eigenvalue weighted by molar-refractivity contribution is 5.06. The molecule has 4 unspecified atom stereocenters. The Labute approximate surface area is 294 Å². The van der Waals surface area contributed by atoms with Crippen molar-refractivity contribution in [2.75, 3.05) is 14.2 Å². The zero-order valence-electron chi connectivity index (χ0n) is 35.4. The predicted molar refractivity (Wildman–Crippen MR) is 195 cm³/mol. The van der Waals surface area contributed by atoms with Crippen LogP contribution >= 0.6 is 0 Å². The second-order valence-electron chi connectivity index (χ2n) is 19.5. The van der Waals surface area contributed by atoms with Gasteiger partial charge in [-0.05, 0) is 152 Å². The molecule has 0 aliphatic carbocycles. The molecule has 0 rings (SSSR count). The monoisotopic (exact) mass is 683 g/mol. The topological polar surface area (TPSA) is 136 Å². The quantitative estimate of drug-likeness (QED) is 0.0964. The third-order valence-electron chi connectivity index (χ3n) is 7.62. The first kappa shape index (κ1) is 46.2. The van der Waals surface area contributed by atoms with Crippen LogP contribution in [0.15, 0.2) is 40.9 Å². The summed E-state index contributed by atoms with van der Waals surface area (Å²) in [5.74, 6) is -1.16. The molecule has 282 valence electrons. The van der Waals surface area contributed by atoms with Crippen molar-refractivity contribution in [3.63, 3.8) is 0 Å². The van der Waals surface area contributed by atoms with Crippen LogP contribution in [0, 0.1) is 11.8 Å². The Morgan fingerprint density at radius 2 is 0.521 bits per heavy atom. The number of ether oxygens (including phenoxy) is 2. The van der Waals surface area contributed by atoms with E-state index in [1.807, 2.05) is 152 Å². The third kappa shape index (κ3) is 14.6. The van der Waals surface area contributed by atoms with E-state index in [9.17, 15) is 0 Å². The molecule has 0 aliphatic heterocycles. The maximum atomic E-state index is 6.66. The molecule has 0 aromatic rings. The summed E-state index contributed by atoms with van der Waals surface area (Å²) in [5, 5.41) is 38.2. The fourth-order valence-electron chi connectivity index (χ4n) is 6.12. The minimum absolute atomic E-state index is 0.405. The molecule has 0 radical (unpaired) electrons. The first-order valence-electron chi connectivity index (χ1n) is 17.1. The standard InChI is InChI=1S/C36H74N8O4/c1-27(2,3)37-41-31(13,14)25(33(17,18)45-23)35(21,43-39-29(7,8)9)47-48-36(22,44-40-30(10,11)12)26(34(19,20)46-24)32(15,16)42-38-28(4,5)6/h25-26H,1-24H3/b41-37+,42-38+,43-39+,44-40+. The molecule has 48 heavy (non-hydrogen) atoms. The molecule has 0 amide bonds. The van der Waals surface area contributed by atoms with E-state index in [2.05, 4.69) is 10.2 Å². The average molecular weight is 683 g/mol. The number of rotatable bonds is 15. The first-order valence-corrected chi connectivity index (χ1v) is 17.1. The van der Waals surface area contributed by atoms with Gasteiger partial charge in [0.1, 0.15) is 0 Å². The lowest BCUT2D eigenvalue weighted by Crippen LogP contribution is -2.61. The summed E-state index contributed by atoms with van der Waals surface area (Å²) in [5.41, 5.74) is -8.20. The van der Waals surface area contributed by atoms with Crippen LogP contribution in [0.1, 0.15) is 152 Å². The molecular weight excluding hydrogens is 608 g/mol. The van der Waals surface area contributed by atoms with E-state index in [0.717, 1.165) is 0 Å². The predicted octanol–water partition coefficient (Wildman–Crippen LogP) is 11.0. The van der Waals surface area contributed by atoms with Crippen molar-refractivity contribution in [2.45, 2.75) is 208 Å². The number of nitrogens with zero attached hydrogens (tertiary/aromatic N) is 8. The van der Waals surface area contributed by atoms with Crippen molar-refractivity contribution < 1.29 is 19.2 Å². The van der Waals surface area contributed by atoms with E-state index in [0.29, 0.717) is 0 Å². The van der Waals surface area contributed by atoms with E-state index in [1.54, 1.807) is 14.2 Å². The number of methoxy groups -OCH3 is 2. The molecule has 12 nitrogen and oxygen atoms in total. The molecule has 0 bridgehead atoms. The van der Waals surface area contributed by atoms with Crippen LogP contribution in [-0.2, 0) is 19.2 Å². The van der Waals surface area contributed by atoms with Gasteiger partial charge in [-0.25, -0.2) is 9.78 Å². The Morgan fingerprint density at radius 3 is 0.708 bits per heavy atom. The largest absolute Gasteiger partial charge is 0.378 e. The van der Waals surface area contributed by atoms with E-state index < -0.39 is 67.7 Å². The Balaban J connectivity index is 7.93. The van der Waals surface area contributed by atoms with Crippen molar-refractivity contribution in [2.24, 2.45) is 52.7 Å². The van der Waals surface area contributed by atoms with Gasteiger partial charge in [0.05, 0.1) is 56.3 Å². The summed E-state index contributed by atoms with van der Waals surface area (Å²) in [6.07, 6.45) is 0. The number of azo groups is 4. The lowest BCUT2D eigenvalue weighted by Gasteiger charge is -2.50. The smallest absolute Gasteiger partial charge is 0.217 e. The molecule has 0 N–H and O–H groups in total. The van der Waals surface area contributed by atoms with Gasteiger partial charge in [0, 0.05) is 14.2 Å². The molecule has 12 heteroatoms. The molecular formula is C36H74N8O4. The Hall–Kier alpha value is -1.76. The van der Waals surface area contributed by atoms with Crippen LogP contribution in [-0.4, -0.2) is 70.1 Å². The summed E-state index contributed by atoms with van der Waals surface area (Å²) >= 11 is 0. The van der Waals surface area contributed by atoms with Gasteiger partial charge in [0.2, 0.25) is 11.4 Å². The zero-order valence-corrected chi connectivity index (χ0v) is 35.4. The zero-order chi connectivity index (χ0) is 38.6. The summed E-state index contributed by atoms with van der Waals surface area (Å²) in [7, 11) is 3.32. The summed E-state index contributed by atoms with van der Waals surface area (Å²) < 4.78 is 12.3. The van der Waals surface area contributed by atoms with Crippen molar-refractivity contribution in [3.05, 3.63) is 0 Å². The van der Waals surface area contributed by atoms with Gasteiger partial charge < -0.3 is 9.47 Å².